The van der Waals surface area contributed by atoms with Crippen LogP contribution in [0.15, 0.2) is 0 Å². The van der Waals surface area contributed by atoms with Gasteiger partial charge in [-0.2, -0.15) is 11.8 Å². The van der Waals surface area contributed by atoms with Gasteiger partial charge < -0.3 is 16.0 Å². The molecule has 5 nitrogen and oxygen atoms in total. The average Bonchev–Trinajstić information content (AvgIpc) is 2.34. The third-order valence-corrected chi connectivity index (χ3v) is 3.73. The lowest BCUT2D eigenvalue weighted by Gasteiger charge is -2.34. The van der Waals surface area contributed by atoms with Crippen LogP contribution in [0.4, 0.5) is 0 Å². The van der Waals surface area contributed by atoms with Gasteiger partial charge in [-0.05, 0) is 31.3 Å². The normalized spacial score (nSPS) is 21.5. The largest absolute Gasteiger partial charge is 0.352 e. The zero-order chi connectivity index (χ0) is 13.5. The molecule has 1 fully saturated rings. The molecule has 1 aliphatic rings. The Morgan fingerprint density at radius 3 is 2.89 bits per heavy atom. The molecule has 0 spiro atoms. The van der Waals surface area contributed by atoms with Crippen molar-refractivity contribution in [2.45, 2.75) is 38.3 Å². The molecule has 1 rings (SSSR count). The van der Waals surface area contributed by atoms with Crippen LogP contribution in [-0.2, 0) is 9.59 Å². The Balaban J connectivity index is 2.44. The van der Waals surface area contributed by atoms with E-state index in [1.54, 1.807) is 16.7 Å². The van der Waals surface area contributed by atoms with Crippen molar-refractivity contribution in [3.8, 4) is 0 Å². The number of rotatable bonds is 5. The van der Waals surface area contributed by atoms with Gasteiger partial charge in [-0.25, -0.2) is 0 Å². The number of piperidine rings is 1. The van der Waals surface area contributed by atoms with E-state index in [0.29, 0.717) is 13.0 Å². The molecule has 3 N–H and O–H groups in total. The molecule has 1 aliphatic heterocycles. The molecule has 1 heterocycles. The van der Waals surface area contributed by atoms with Gasteiger partial charge >= 0.3 is 0 Å². The van der Waals surface area contributed by atoms with Crippen LogP contribution in [0, 0.1) is 0 Å². The fourth-order valence-corrected chi connectivity index (χ4v) is 2.68. The molecule has 0 aliphatic carbocycles. The summed E-state index contributed by atoms with van der Waals surface area (Å²) in [7, 11) is 0. The zero-order valence-corrected chi connectivity index (χ0v) is 12.0. The standard InChI is InChI=1S/C12H23N3O2S/c1-9(16)14-10-4-3-6-15(8-10)12(17)11(13)5-7-18-2/h10-11H,3-8,13H2,1-2H3,(H,14,16)/t10?,11-/m1/s1. The smallest absolute Gasteiger partial charge is 0.239 e. The molecule has 6 heteroatoms. The molecule has 0 aromatic rings. The Morgan fingerprint density at radius 2 is 2.28 bits per heavy atom. The van der Waals surface area contributed by atoms with E-state index >= 15 is 0 Å². The molecular weight excluding hydrogens is 250 g/mol. The number of amides is 2. The van der Waals surface area contributed by atoms with E-state index < -0.39 is 6.04 Å². The Morgan fingerprint density at radius 1 is 1.56 bits per heavy atom. The first kappa shape index (κ1) is 15.3. The molecular formula is C12H23N3O2S. The number of nitrogens with zero attached hydrogens (tertiary/aromatic N) is 1. The van der Waals surface area contributed by atoms with E-state index in [2.05, 4.69) is 5.32 Å². The third kappa shape index (κ3) is 4.86. The lowest BCUT2D eigenvalue weighted by Crippen LogP contribution is -2.53. The quantitative estimate of drug-likeness (QED) is 0.750. The highest BCUT2D eigenvalue weighted by atomic mass is 32.2. The van der Waals surface area contributed by atoms with Crippen LogP contribution in [0.25, 0.3) is 0 Å². The molecule has 1 unspecified atom stereocenters. The van der Waals surface area contributed by atoms with Crippen LogP contribution in [0.3, 0.4) is 0 Å². The lowest BCUT2D eigenvalue weighted by molar-refractivity contribution is -0.134. The van der Waals surface area contributed by atoms with Gasteiger partial charge in [0.05, 0.1) is 6.04 Å². The number of hydrogen-bond acceptors (Lipinski definition) is 4. The maximum absolute atomic E-state index is 12.1. The molecule has 0 saturated carbocycles. The van der Waals surface area contributed by atoms with Gasteiger partial charge in [-0.1, -0.05) is 0 Å². The van der Waals surface area contributed by atoms with Crippen molar-refractivity contribution in [2.24, 2.45) is 5.73 Å². The number of carbonyl (C=O) groups excluding carboxylic acids is 2. The zero-order valence-electron chi connectivity index (χ0n) is 11.1. The van der Waals surface area contributed by atoms with Gasteiger partial charge in [0.1, 0.15) is 0 Å². The van der Waals surface area contributed by atoms with Gasteiger partial charge in [0.25, 0.3) is 0 Å². The first-order valence-corrected chi connectivity index (χ1v) is 7.74. The van der Waals surface area contributed by atoms with E-state index in [0.717, 1.165) is 25.1 Å². The Bertz CT molecular complexity index is 299. The average molecular weight is 273 g/mol. The molecule has 104 valence electrons. The summed E-state index contributed by atoms with van der Waals surface area (Å²) in [6.45, 7) is 2.85. The monoisotopic (exact) mass is 273 g/mol. The first-order valence-electron chi connectivity index (χ1n) is 6.35. The van der Waals surface area contributed by atoms with E-state index in [1.165, 1.54) is 6.92 Å². The fraction of sp³-hybridized carbons (Fsp3) is 0.833. The second kappa shape index (κ2) is 7.63. The Hall–Kier alpha value is -0.750. The topological polar surface area (TPSA) is 75.4 Å². The van der Waals surface area contributed by atoms with Crippen molar-refractivity contribution in [1.29, 1.82) is 0 Å². The van der Waals surface area contributed by atoms with Gasteiger partial charge in [0, 0.05) is 26.1 Å². The summed E-state index contributed by atoms with van der Waals surface area (Å²) in [5, 5.41) is 2.87. The molecule has 1 saturated heterocycles. The summed E-state index contributed by atoms with van der Waals surface area (Å²) in [5.74, 6) is 0.871. The van der Waals surface area contributed by atoms with Gasteiger partial charge in [-0.3, -0.25) is 9.59 Å². The highest BCUT2D eigenvalue weighted by Gasteiger charge is 2.27. The maximum Gasteiger partial charge on any atom is 0.239 e. The SMILES string of the molecule is CSCC[C@@H](N)C(=O)N1CCCC(NC(C)=O)C1. The first-order chi connectivity index (χ1) is 8.54. The number of nitrogens with one attached hydrogen (secondary N) is 1. The summed E-state index contributed by atoms with van der Waals surface area (Å²) < 4.78 is 0. The highest BCUT2D eigenvalue weighted by molar-refractivity contribution is 7.98. The van der Waals surface area contributed by atoms with Crippen molar-refractivity contribution in [1.82, 2.24) is 10.2 Å². The number of hydrogen-bond donors (Lipinski definition) is 2. The minimum absolute atomic E-state index is 0.0131. The molecule has 0 aromatic carbocycles. The van der Waals surface area contributed by atoms with E-state index in [1.807, 2.05) is 6.26 Å². The van der Waals surface area contributed by atoms with Crippen molar-refractivity contribution >= 4 is 23.6 Å². The molecule has 2 amide bonds. The Kier molecular flexibility index (Phi) is 6.49. The number of nitrogens with two attached hydrogens (primary N) is 1. The van der Waals surface area contributed by atoms with Crippen LogP contribution in [0.2, 0.25) is 0 Å². The fourth-order valence-electron chi connectivity index (χ4n) is 2.19. The summed E-state index contributed by atoms with van der Waals surface area (Å²) in [6, 6.07) is -0.332. The van der Waals surface area contributed by atoms with Crippen molar-refractivity contribution in [2.75, 3.05) is 25.1 Å². The predicted octanol–water partition coefficient (Wildman–Crippen LogP) is 0.194. The molecule has 2 atom stereocenters. The summed E-state index contributed by atoms with van der Waals surface area (Å²) in [4.78, 5) is 24.9. The minimum Gasteiger partial charge on any atom is -0.352 e. The number of thioether (sulfide) groups is 1. The summed E-state index contributed by atoms with van der Waals surface area (Å²) in [6.07, 6.45) is 4.57. The van der Waals surface area contributed by atoms with Crippen molar-refractivity contribution in [3.05, 3.63) is 0 Å². The number of carbonyl (C=O) groups is 2. The predicted molar refractivity (Wildman–Crippen MR) is 74.4 cm³/mol. The maximum atomic E-state index is 12.1. The molecule has 18 heavy (non-hydrogen) atoms. The number of likely N-dealkylation sites (tertiary alicyclic amines) is 1. The van der Waals surface area contributed by atoms with E-state index in [-0.39, 0.29) is 17.9 Å². The van der Waals surface area contributed by atoms with Gasteiger partial charge in [0.15, 0.2) is 0 Å². The van der Waals surface area contributed by atoms with Crippen LogP contribution in [0.5, 0.6) is 0 Å². The molecule has 0 bridgehead atoms. The second-order valence-corrected chi connectivity index (χ2v) is 5.70. The van der Waals surface area contributed by atoms with Crippen LogP contribution >= 0.6 is 11.8 Å². The lowest BCUT2D eigenvalue weighted by atomic mass is 10.0. The van der Waals surface area contributed by atoms with Crippen LogP contribution in [0.1, 0.15) is 26.2 Å². The summed E-state index contributed by atoms with van der Waals surface area (Å²) >= 11 is 1.70. The van der Waals surface area contributed by atoms with Gasteiger partial charge in [-0.15, -0.1) is 0 Å². The van der Waals surface area contributed by atoms with Crippen LogP contribution < -0.4 is 11.1 Å². The van der Waals surface area contributed by atoms with Crippen LogP contribution in [-0.4, -0.2) is 53.9 Å². The second-order valence-electron chi connectivity index (χ2n) is 4.71. The van der Waals surface area contributed by atoms with Crippen molar-refractivity contribution in [3.63, 3.8) is 0 Å². The highest BCUT2D eigenvalue weighted by Crippen LogP contribution is 2.12. The molecule has 0 radical (unpaired) electrons. The summed E-state index contributed by atoms with van der Waals surface area (Å²) in [5.41, 5.74) is 5.89. The van der Waals surface area contributed by atoms with E-state index in [9.17, 15) is 9.59 Å². The van der Waals surface area contributed by atoms with Crippen molar-refractivity contribution < 1.29 is 9.59 Å². The van der Waals surface area contributed by atoms with Gasteiger partial charge in [0.2, 0.25) is 11.8 Å². The van der Waals surface area contributed by atoms with E-state index in [4.69, 9.17) is 5.73 Å². The molecule has 0 aromatic heterocycles. The Labute approximate surface area is 113 Å². The minimum atomic E-state index is -0.409. The third-order valence-electron chi connectivity index (χ3n) is 3.09.